The lowest BCUT2D eigenvalue weighted by molar-refractivity contribution is -0.0511. The van der Waals surface area contributed by atoms with Crippen molar-refractivity contribution < 1.29 is 51.8 Å². The lowest BCUT2D eigenvalue weighted by Crippen LogP contribution is -2.33. The number of benzene rings is 2. The number of fused-ring (bicyclic) bond motifs is 2. The molecule has 2 fully saturated rings. The minimum absolute atomic E-state index is 0.00679. The van der Waals surface area contributed by atoms with Crippen LogP contribution in [0.2, 0.25) is 0 Å². The summed E-state index contributed by atoms with van der Waals surface area (Å²) in [6.45, 7) is 5.01. The molecule has 2 aromatic carbocycles. The molecule has 9 N–H and O–H groups in total. The minimum atomic E-state index is -3.82. The SMILES string of the molecule is CNc1nc(CNS(=O)(=O)CC(C)C)nc2c1ncn2[C@@H]1O[C@H](CO)[C@@H](C)[C@H]1O.O=S(=O)(NCc1nc(NCCc2ccccc2)c2ncn([C@@H]3O[C@H](CO)[C@@H](O)[C@H]3O)c2n1)c1ccccc1. The van der Waals surface area contributed by atoms with Gasteiger partial charge in [-0.05, 0) is 30.0 Å². The molecule has 8 atom stereocenters. The molecule has 0 unspecified atom stereocenters. The van der Waals surface area contributed by atoms with Crippen LogP contribution in [0.4, 0.5) is 11.6 Å². The Hall–Kier alpha value is -5.32. The quantitative estimate of drug-likeness (QED) is 0.0563. The maximum Gasteiger partial charge on any atom is 0.240 e. The van der Waals surface area contributed by atoms with Crippen molar-refractivity contribution in [3.05, 3.63) is 90.5 Å². The number of nitrogens with one attached hydrogen (secondary N) is 4. The third-order valence-corrected chi connectivity index (χ3v) is 14.3. The molecule has 0 saturated carbocycles. The molecule has 0 radical (unpaired) electrons. The molecule has 0 aliphatic carbocycles. The number of anilines is 2. The predicted octanol–water partition coefficient (Wildman–Crippen LogP) is 0.401. The average Bonchev–Trinajstić information content (AvgIpc) is 4.08. The lowest BCUT2D eigenvalue weighted by Gasteiger charge is -2.17. The molecule has 2 aliphatic heterocycles. The Kier molecular flexibility index (Phi) is 15.8. The Labute approximate surface area is 386 Å². The second-order valence-corrected chi connectivity index (χ2v) is 20.1. The number of hydrogen-bond donors (Lipinski definition) is 9. The molecule has 67 heavy (non-hydrogen) atoms. The van der Waals surface area contributed by atoms with Crippen LogP contribution in [0.3, 0.4) is 0 Å². The van der Waals surface area contributed by atoms with Crippen molar-refractivity contribution >= 4 is 54.0 Å². The van der Waals surface area contributed by atoms with Crippen molar-refractivity contribution in [2.24, 2.45) is 11.8 Å². The molecule has 362 valence electrons. The van der Waals surface area contributed by atoms with Crippen LogP contribution < -0.4 is 20.1 Å². The van der Waals surface area contributed by atoms with E-state index in [4.69, 9.17) is 9.47 Å². The number of nitrogens with zero attached hydrogens (tertiary/aromatic N) is 8. The highest BCUT2D eigenvalue weighted by Crippen LogP contribution is 2.36. The van der Waals surface area contributed by atoms with Crippen molar-refractivity contribution in [1.29, 1.82) is 0 Å². The van der Waals surface area contributed by atoms with Gasteiger partial charge in [-0.15, -0.1) is 0 Å². The molecule has 0 spiro atoms. The highest BCUT2D eigenvalue weighted by atomic mass is 32.2. The molecular weight excluding hydrogens is 913 g/mol. The fourth-order valence-corrected chi connectivity index (χ4v) is 9.99. The summed E-state index contributed by atoms with van der Waals surface area (Å²) in [7, 11) is -5.59. The van der Waals surface area contributed by atoms with Crippen LogP contribution >= 0.6 is 0 Å². The van der Waals surface area contributed by atoms with E-state index < -0.39 is 69.6 Å². The van der Waals surface area contributed by atoms with Gasteiger partial charge in [0.2, 0.25) is 20.0 Å². The van der Waals surface area contributed by atoms with Crippen LogP contribution in [0.5, 0.6) is 0 Å². The van der Waals surface area contributed by atoms with Crippen LogP contribution in [0.15, 0.2) is 78.2 Å². The molecule has 6 aromatic rings. The average molecular weight is 969 g/mol. The van der Waals surface area contributed by atoms with E-state index in [1.165, 1.54) is 29.4 Å². The Bertz CT molecular complexity index is 2820. The van der Waals surface area contributed by atoms with E-state index in [0.29, 0.717) is 41.3 Å². The number of aliphatic hydroxyl groups is 5. The van der Waals surface area contributed by atoms with Crippen molar-refractivity contribution in [2.75, 3.05) is 43.2 Å². The molecule has 25 heteroatoms. The van der Waals surface area contributed by atoms with E-state index in [2.05, 4.69) is 50.0 Å². The zero-order chi connectivity index (χ0) is 48.0. The third-order valence-electron chi connectivity index (χ3n) is 11.2. The van der Waals surface area contributed by atoms with Crippen LogP contribution in [0, 0.1) is 11.8 Å². The van der Waals surface area contributed by atoms with Gasteiger partial charge in [0.05, 0.1) is 55.7 Å². The van der Waals surface area contributed by atoms with Gasteiger partial charge in [0.25, 0.3) is 0 Å². The van der Waals surface area contributed by atoms with Crippen LogP contribution in [-0.2, 0) is 49.0 Å². The summed E-state index contributed by atoms with van der Waals surface area (Å²) in [5, 5.41) is 56.4. The standard InChI is InChI=1S/C25H28N6O6S.C17H28N6O5S/c32-14-18-21(33)22(34)25(37-18)31-15-27-20-23(26-12-11-16-7-3-1-4-8-16)29-19(30-24(20)31)13-28-38(35,36)17-9-5-2-6-10-17;1-9(2)7-29(26,27)20-5-12-21-15(18-4)13-16(22-12)23(8-19-13)17-14(25)10(3)11(6-24)28-17/h1-10,15,18,21-22,25,28,32-34H,11-14H2,(H,26,29,30);8-11,14,17,20,24-25H,5-7H2,1-4H3,(H,18,21,22)/t18-,21-,22-,25-;10-,11-,14-,17-/m11/s1. The molecular formula is C42H56N12O11S2. The van der Waals surface area contributed by atoms with E-state index in [1.807, 2.05) is 44.2 Å². The van der Waals surface area contributed by atoms with Crippen LogP contribution in [-0.4, -0.2) is 144 Å². The summed E-state index contributed by atoms with van der Waals surface area (Å²) >= 11 is 0. The van der Waals surface area contributed by atoms with Gasteiger partial charge in [-0.1, -0.05) is 69.3 Å². The van der Waals surface area contributed by atoms with Crippen molar-refractivity contribution in [3.8, 4) is 0 Å². The van der Waals surface area contributed by atoms with Gasteiger partial charge in [-0.25, -0.2) is 56.2 Å². The summed E-state index contributed by atoms with van der Waals surface area (Å²) in [5.74, 6) is 0.969. The number of hydrogen-bond acceptors (Lipinski definition) is 19. The third kappa shape index (κ3) is 11.3. The summed E-state index contributed by atoms with van der Waals surface area (Å²) in [4.78, 5) is 26.6. The first-order valence-electron chi connectivity index (χ1n) is 21.5. The van der Waals surface area contributed by atoms with Gasteiger partial charge in [0, 0.05) is 19.5 Å². The van der Waals surface area contributed by atoms with Crippen molar-refractivity contribution in [1.82, 2.24) is 48.5 Å². The second-order valence-electron chi connectivity index (χ2n) is 16.5. The first-order chi connectivity index (χ1) is 32.0. The van der Waals surface area contributed by atoms with Gasteiger partial charge in [-0.3, -0.25) is 9.13 Å². The highest BCUT2D eigenvalue weighted by molar-refractivity contribution is 7.89. The Morgan fingerprint density at radius 1 is 0.701 bits per heavy atom. The zero-order valence-corrected chi connectivity index (χ0v) is 38.8. The molecule has 4 aromatic heterocycles. The first-order valence-corrected chi connectivity index (χ1v) is 24.7. The fraction of sp³-hybridized carbons (Fsp3) is 0.476. The molecule has 2 aliphatic rings. The minimum Gasteiger partial charge on any atom is -0.394 e. The number of imidazole rings is 2. The molecule has 6 heterocycles. The number of sulfonamides is 2. The Morgan fingerprint density at radius 3 is 1.79 bits per heavy atom. The normalized spacial score (nSPS) is 23.2. The Morgan fingerprint density at radius 2 is 1.24 bits per heavy atom. The summed E-state index contributed by atoms with van der Waals surface area (Å²) in [6.07, 6.45) is -3.20. The number of ether oxygens (including phenoxy) is 2. The van der Waals surface area contributed by atoms with Gasteiger partial charge >= 0.3 is 0 Å². The predicted molar refractivity (Wildman–Crippen MR) is 244 cm³/mol. The van der Waals surface area contributed by atoms with Gasteiger partial charge in [0.1, 0.15) is 36.1 Å². The molecule has 23 nitrogen and oxygen atoms in total. The largest absolute Gasteiger partial charge is 0.394 e. The molecule has 8 rings (SSSR count). The van der Waals surface area contributed by atoms with Gasteiger partial charge in [-0.2, -0.15) is 0 Å². The monoisotopic (exact) mass is 968 g/mol. The van der Waals surface area contributed by atoms with E-state index in [0.717, 1.165) is 5.56 Å². The van der Waals surface area contributed by atoms with Gasteiger partial charge in [0.15, 0.2) is 46.4 Å². The van der Waals surface area contributed by atoms with E-state index in [9.17, 15) is 42.4 Å². The molecule has 2 saturated heterocycles. The van der Waals surface area contributed by atoms with Crippen molar-refractivity contribution in [3.63, 3.8) is 0 Å². The summed E-state index contributed by atoms with van der Waals surface area (Å²) in [5.41, 5.74) is 2.64. The smallest absolute Gasteiger partial charge is 0.240 e. The molecule has 0 bridgehead atoms. The fourth-order valence-electron chi connectivity index (χ4n) is 7.65. The van der Waals surface area contributed by atoms with Crippen LogP contribution in [0.25, 0.3) is 22.3 Å². The van der Waals surface area contributed by atoms with Crippen LogP contribution in [0.1, 0.15) is 50.4 Å². The summed E-state index contributed by atoms with van der Waals surface area (Å²) < 4.78 is 69.3. The van der Waals surface area contributed by atoms with E-state index >= 15 is 0 Å². The maximum atomic E-state index is 12.8. The first kappa shape index (κ1) is 49.6. The number of rotatable bonds is 18. The Balaban J connectivity index is 0.000000207. The highest BCUT2D eigenvalue weighted by Gasteiger charge is 2.44. The maximum absolute atomic E-state index is 12.8. The second kappa shape index (κ2) is 21.3. The lowest BCUT2D eigenvalue weighted by atomic mass is 10.0. The topological polar surface area (TPSA) is 323 Å². The number of aromatic nitrogens is 8. The van der Waals surface area contributed by atoms with E-state index in [-0.39, 0.29) is 59.5 Å². The number of aliphatic hydroxyl groups excluding tert-OH is 5. The van der Waals surface area contributed by atoms with Crippen molar-refractivity contribution in [2.45, 2.75) is 88.2 Å². The molecule has 0 amide bonds. The van der Waals surface area contributed by atoms with E-state index in [1.54, 1.807) is 36.7 Å². The van der Waals surface area contributed by atoms with Gasteiger partial charge < -0.3 is 45.6 Å². The summed E-state index contributed by atoms with van der Waals surface area (Å²) in [6, 6.07) is 17.8. The zero-order valence-electron chi connectivity index (χ0n) is 37.2.